The molecule has 0 spiro atoms. The molecule has 0 bridgehead atoms. The third kappa shape index (κ3) is 4.69. The molecule has 1 amide bonds. The van der Waals surface area contributed by atoms with Gasteiger partial charge in [-0.2, -0.15) is 0 Å². The molecular formula is C22H20Cl2N4O. The van der Waals surface area contributed by atoms with Crippen LogP contribution in [-0.4, -0.2) is 29.0 Å². The molecule has 2 heterocycles. The van der Waals surface area contributed by atoms with Gasteiger partial charge in [0.1, 0.15) is 12.1 Å². The van der Waals surface area contributed by atoms with E-state index in [-0.39, 0.29) is 11.8 Å². The smallest absolute Gasteiger partial charge is 0.227 e. The van der Waals surface area contributed by atoms with E-state index >= 15 is 0 Å². The summed E-state index contributed by atoms with van der Waals surface area (Å²) in [6.45, 7) is 1.52. The molecule has 1 aromatic heterocycles. The first-order chi connectivity index (χ1) is 14.1. The van der Waals surface area contributed by atoms with Crippen LogP contribution in [0, 0.1) is 5.92 Å². The van der Waals surface area contributed by atoms with Crippen molar-refractivity contribution in [2.45, 2.75) is 12.8 Å². The lowest BCUT2D eigenvalue weighted by atomic mass is 9.95. The molecule has 4 rings (SSSR count). The van der Waals surface area contributed by atoms with Crippen molar-refractivity contribution in [1.82, 2.24) is 9.97 Å². The van der Waals surface area contributed by atoms with Crippen molar-refractivity contribution in [2.75, 3.05) is 23.3 Å². The number of amides is 1. The van der Waals surface area contributed by atoms with Crippen molar-refractivity contribution in [1.29, 1.82) is 0 Å². The normalized spacial score (nSPS) is 14.6. The van der Waals surface area contributed by atoms with E-state index in [4.69, 9.17) is 23.2 Å². The highest BCUT2D eigenvalue weighted by Crippen LogP contribution is 2.28. The Morgan fingerprint density at radius 2 is 1.76 bits per heavy atom. The van der Waals surface area contributed by atoms with Gasteiger partial charge in [-0.15, -0.1) is 0 Å². The van der Waals surface area contributed by atoms with E-state index in [0.717, 1.165) is 43.0 Å². The minimum atomic E-state index is -0.0616. The number of carbonyl (C=O) groups excluding carboxylic acids is 1. The van der Waals surface area contributed by atoms with Gasteiger partial charge < -0.3 is 10.2 Å². The summed E-state index contributed by atoms with van der Waals surface area (Å²) in [4.78, 5) is 23.7. The number of hydrogen-bond acceptors (Lipinski definition) is 4. The van der Waals surface area contributed by atoms with Gasteiger partial charge in [-0.3, -0.25) is 4.79 Å². The quantitative estimate of drug-likeness (QED) is 0.614. The predicted molar refractivity (Wildman–Crippen MR) is 117 cm³/mol. The van der Waals surface area contributed by atoms with Gasteiger partial charge in [-0.25, -0.2) is 9.97 Å². The zero-order chi connectivity index (χ0) is 20.2. The van der Waals surface area contributed by atoms with Crippen LogP contribution in [0.5, 0.6) is 0 Å². The second-order valence-corrected chi connectivity index (χ2v) is 7.85. The zero-order valence-electron chi connectivity index (χ0n) is 15.7. The first-order valence-electron chi connectivity index (χ1n) is 9.48. The van der Waals surface area contributed by atoms with Crippen LogP contribution in [0.4, 0.5) is 11.5 Å². The Labute approximate surface area is 179 Å². The second kappa shape index (κ2) is 8.80. The number of carbonyl (C=O) groups is 1. The van der Waals surface area contributed by atoms with E-state index < -0.39 is 0 Å². The van der Waals surface area contributed by atoms with Crippen molar-refractivity contribution in [3.8, 4) is 11.3 Å². The molecule has 0 aliphatic carbocycles. The van der Waals surface area contributed by atoms with E-state index in [1.165, 1.54) is 0 Å². The SMILES string of the molecule is O=C(Nc1ccc(Cl)cc1Cl)C1CCN(c2cc(-c3ccccc3)ncn2)CC1. The number of hydrogen-bond donors (Lipinski definition) is 1. The Balaban J connectivity index is 1.39. The molecule has 1 aliphatic heterocycles. The number of anilines is 2. The van der Waals surface area contributed by atoms with E-state index in [2.05, 4.69) is 20.2 Å². The maximum absolute atomic E-state index is 12.6. The van der Waals surface area contributed by atoms with Gasteiger partial charge in [0.2, 0.25) is 5.91 Å². The first kappa shape index (κ1) is 19.7. The molecule has 3 aromatic rings. The van der Waals surface area contributed by atoms with Crippen LogP contribution in [-0.2, 0) is 4.79 Å². The molecule has 0 atom stereocenters. The fourth-order valence-electron chi connectivity index (χ4n) is 3.48. The Morgan fingerprint density at radius 3 is 2.48 bits per heavy atom. The molecule has 1 saturated heterocycles. The number of aromatic nitrogens is 2. The molecule has 5 nitrogen and oxygen atoms in total. The molecule has 29 heavy (non-hydrogen) atoms. The molecule has 2 aromatic carbocycles. The van der Waals surface area contributed by atoms with Crippen LogP contribution in [0.15, 0.2) is 60.9 Å². The monoisotopic (exact) mass is 426 g/mol. The minimum Gasteiger partial charge on any atom is -0.356 e. The number of nitrogens with zero attached hydrogens (tertiary/aromatic N) is 3. The number of benzene rings is 2. The van der Waals surface area contributed by atoms with Gasteiger partial charge in [-0.05, 0) is 31.0 Å². The molecule has 1 fully saturated rings. The summed E-state index contributed by atoms with van der Waals surface area (Å²) in [5.74, 6) is 0.813. The van der Waals surface area contributed by atoms with Crippen molar-refractivity contribution in [2.24, 2.45) is 5.92 Å². The van der Waals surface area contributed by atoms with Gasteiger partial charge in [0, 0.05) is 35.7 Å². The third-order valence-corrected chi connectivity index (χ3v) is 5.65. The first-order valence-corrected chi connectivity index (χ1v) is 10.2. The van der Waals surface area contributed by atoms with Crippen LogP contribution in [0.2, 0.25) is 10.0 Å². The highest BCUT2D eigenvalue weighted by Gasteiger charge is 2.26. The molecule has 1 aliphatic rings. The minimum absolute atomic E-state index is 0.0125. The van der Waals surface area contributed by atoms with Crippen molar-refractivity contribution < 1.29 is 4.79 Å². The van der Waals surface area contributed by atoms with Gasteiger partial charge in [0.25, 0.3) is 0 Å². The highest BCUT2D eigenvalue weighted by molar-refractivity contribution is 6.36. The molecule has 0 saturated carbocycles. The molecule has 0 radical (unpaired) electrons. The lowest BCUT2D eigenvalue weighted by Gasteiger charge is -2.32. The molecule has 1 N–H and O–H groups in total. The van der Waals surface area contributed by atoms with Crippen molar-refractivity contribution in [3.05, 3.63) is 71.0 Å². The molecule has 0 unspecified atom stereocenters. The fourth-order valence-corrected chi connectivity index (χ4v) is 3.94. The Bertz CT molecular complexity index is 1000. The average molecular weight is 427 g/mol. The summed E-state index contributed by atoms with van der Waals surface area (Å²) in [6.07, 6.45) is 3.10. The Kier molecular flexibility index (Phi) is 5.97. The summed E-state index contributed by atoms with van der Waals surface area (Å²) in [5.41, 5.74) is 2.55. The van der Waals surface area contributed by atoms with Crippen molar-refractivity contribution in [3.63, 3.8) is 0 Å². The number of halogens is 2. The Hall–Kier alpha value is -2.63. The topological polar surface area (TPSA) is 58.1 Å². The Morgan fingerprint density at radius 1 is 1.00 bits per heavy atom. The summed E-state index contributed by atoms with van der Waals surface area (Å²) in [5, 5.41) is 3.90. The lowest BCUT2D eigenvalue weighted by Crippen LogP contribution is -2.38. The van der Waals surface area contributed by atoms with Crippen molar-refractivity contribution >= 4 is 40.6 Å². The van der Waals surface area contributed by atoms with Gasteiger partial charge in [0.05, 0.1) is 16.4 Å². The van der Waals surface area contributed by atoms with Crippen LogP contribution in [0.3, 0.4) is 0 Å². The number of piperidine rings is 1. The van der Waals surface area contributed by atoms with Crippen LogP contribution >= 0.6 is 23.2 Å². The summed E-state index contributed by atoms with van der Waals surface area (Å²) >= 11 is 12.1. The maximum atomic E-state index is 12.6. The second-order valence-electron chi connectivity index (χ2n) is 7.00. The highest BCUT2D eigenvalue weighted by atomic mass is 35.5. The van der Waals surface area contributed by atoms with E-state index in [1.807, 2.05) is 36.4 Å². The summed E-state index contributed by atoms with van der Waals surface area (Å²) < 4.78 is 0. The standard InChI is InChI=1S/C22H20Cl2N4O/c23-17-6-7-19(18(24)12-17)27-22(29)16-8-10-28(11-9-16)21-13-20(25-14-26-21)15-4-2-1-3-5-15/h1-7,12-14,16H,8-11H2,(H,27,29). The van der Waals surface area contributed by atoms with E-state index in [0.29, 0.717) is 15.7 Å². The fraction of sp³-hybridized carbons (Fsp3) is 0.227. The van der Waals surface area contributed by atoms with E-state index in [1.54, 1.807) is 24.5 Å². The summed E-state index contributed by atoms with van der Waals surface area (Å²) in [6, 6.07) is 17.1. The van der Waals surface area contributed by atoms with Crippen LogP contribution in [0.25, 0.3) is 11.3 Å². The summed E-state index contributed by atoms with van der Waals surface area (Å²) in [7, 11) is 0. The van der Waals surface area contributed by atoms with Gasteiger partial charge in [-0.1, -0.05) is 53.5 Å². The van der Waals surface area contributed by atoms with Crippen LogP contribution < -0.4 is 10.2 Å². The molecule has 148 valence electrons. The number of rotatable bonds is 4. The molecule has 7 heteroatoms. The maximum Gasteiger partial charge on any atom is 0.227 e. The third-order valence-electron chi connectivity index (χ3n) is 5.10. The lowest BCUT2D eigenvalue weighted by molar-refractivity contribution is -0.120. The van der Waals surface area contributed by atoms with Gasteiger partial charge in [0.15, 0.2) is 0 Å². The van der Waals surface area contributed by atoms with Crippen LogP contribution in [0.1, 0.15) is 12.8 Å². The number of nitrogens with one attached hydrogen (secondary N) is 1. The van der Waals surface area contributed by atoms with Gasteiger partial charge >= 0.3 is 0 Å². The van der Waals surface area contributed by atoms with E-state index in [9.17, 15) is 4.79 Å². The zero-order valence-corrected chi connectivity index (χ0v) is 17.2. The predicted octanol–water partition coefficient (Wildman–Crippen LogP) is 5.31. The largest absolute Gasteiger partial charge is 0.356 e. The molecular weight excluding hydrogens is 407 g/mol. The average Bonchev–Trinajstić information content (AvgIpc) is 2.76.